The highest BCUT2D eigenvalue weighted by atomic mass is 79.9. The van der Waals surface area contributed by atoms with Crippen LogP contribution in [-0.4, -0.2) is 35.3 Å². The van der Waals surface area contributed by atoms with Crippen molar-refractivity contribution in [3.8, 4) is 0 Å². The van der Waals surface area contributed by atoms with E-state index >= 15 is 0 Å². The minimum atomic E-state index is -0.736. The molecule has 1 aromatic rings. The lowest BCUT2D eigenvalue weighted by atomic mass is 9.85. The first-order valence-electron chi connectivity index (χ1n) is 9.19. The van der Waals surface area contributed by atoms with Gasteiger partial charge in [0.1, 0.15) is 5.60 Å². The van der Waals surface area contributed by atoms with Crippen molar-refractivity contribution >= 4 is 22.0 Å². The van der Waals surface area contributed by atoms with Crippen molar-refractivity contribution in [2.75, 3.05) is 13.2 Å². The molecule has 0 radical (unpaired) electrons. The molecule has 1 heterocycles. The third kappa shape index (κ3) is 3.74. The van der Waals surface area contributed by atoms with Crippen LogP contribution >= 0.6 is 15.9 Å². The van der Waals surface area contributed by atoms with E-state index in [1.165, 1.54) is 10.1 Å². The van der Waals surface area contributed by atoms with Crippen LogP contribution in [-0.2, 0) is 10.3 Å². The maximum Gasteiger partial charge on any atom is 0.411 e. The molecule has 1 saturated heterocycles. The van der Waals surface area contributed by atoms with Crippen LogP contribution in [0.1, 0.15) is 38.7 Å². The first-order chi connectivity index (χ1) is 12.5. The summed E-state index contributed by atoms with van der Waals surface area (Å²) in [6.07, 6.45) is 5.91. The number of cyclic esters (lactones) is 1. The second-order valence-corrected chi connectivity index (χ2v) is 8.14. The van der Waals surface area contributed by atoms with E-state index < -0.39 is 5.60 Å². The first-order valence-corrected chi connectivity index (χ1v) is 9.98. The number of hydrogen-bond acceptors (Lipinski definition) is 3. The number of carbonyl (C=O) groups excluding carboxylic acids is 1. The summed E-state index contributed by atoms with van der Waals surface area (Å²) in [4.78, 5) is 14.7. The lowest BCUT2D eigenvalue weighted by molar-refractivity contribution is -0.0693. The predicted molar refractivity (Wildman–Crippen MR) is 106 cm³/mol. The molecule has 1 unspecified atom stereocenters. The van der Waals surface area contributed by atoms with Gasteiger partial charge in [0.15, 0.2) is 0 Å². The largest absolute Gasteiger partial charge is 0.438 e. The van der Waals surface area contributed by atoms with Crippen molar-refractivity contribution in [2.24, 2.45) is 5.92 Å². The van der Waals surface area contributed by atoms with Gasteiger partial charge >= 0.3 is 6.09 Å². The van der Waals surface area contributed by atoms with Crippen LogP contribution in [0.2, 0.25) is 0 Å². The van der Waals surface area contributed by atoms with E-state index in [4.69, 9.17) is 4.74 Å². The SMILES string of the molecule is CC1CC([C@H](C)N2CC[C@](CCO)(c3ccccc3)OC2=O)=CC=C1Br. The van der Waals surface area contributed by atoms with E-state index in [2.05, 4.69) is 41.9 Å². The second kappa shape index (κ2) is 7.97. The number of carbonyl (C=O) groups is 1. The molecule has 1 aliphatic carbocycles. The second-order valence-electron chi connectivity index (χ2n) is 7.22. The topological polar surface area (TPSA) is 49.8 Å². The van der Waals surface area contributed by atoms with Crippen molar-refractivity contribution < 1.29 is 14.6 Å². The molecule has 2 aliphatic rings. The molecule has 26 heavy (non-hydrogen) atoms. The molecule has 0 aromatic heterocycles. The summed E-state index contributed by atoms with van der Waals surface area (Å²) in [5, 5.41) is 9.54. The average Bonchev–Trinajstić information content (AvgIpc) is 2.64. The van der Waals surface area contributed by atoms with Crippen LogP contribution in [0.25, 0.3) is 0 Å². The molecule has 3 rings (SSSR count). The highest BCUT2D eigenvalue weighted by Gasteiger charge is 2.43. The maximum absolute atomic E-state index is 12.9. The van der Waals surface area contributed by atoms with E-state index in [9.17, 15) is 9.90 Å². The Morgan fingerprint density at radius 1 is 1.35 bits per heavy atom. The Hall–Kier alpha value is -1.59. The molecule has 140 valence electrons. The molecule has 5 heteroatoms. The van der Waals surface area contributed by atoms with Gasteiger partial charge in [-0.25, -0.2) is 4.79 Å². The van der Waals surface area contributed by atoms with Gasteiger partial charge in [0, 0.05) is 26.0 Å². The number of halogens is 1. The molecule has 0 spiro atoms. The van der Waals surface area contributed by atoms with Crippen molar-refractivity contribution in [2.45, 2.75) is 44.8 Å². The molecular weight excluding hydrogens is 394 g/mol. The van der Waals surface area contributed by atoms with Crippen molar-refractivity contribution in [1.29, 1.82) is 0 Å². The fraction of sp³-hybridized carbons (Fsp3) is 0.476. The summed E-state index contributed by atoms with van der Waals surface area (Å²) in [6.45, 7) is 4.84. The van der Waals surface area contributed by atoms with Crippen molar-refractivity contribution in [3.05, 3.63) is 58.1 Å². The summed E-state index contributed by atoms with van der Waals surface area (Å²) in [7, 11) is 0. The Balaban J connectivity index is 1.78. The third-order valence-corrected chi connectivity index (χ3v) is 6.61. The minimum absolute atomic E-state index is 0.00435. The molecular formula is C21H26BrNO3. The zero-order valence-corrected chi connectivity index (χ0v) is 16.9. The summed E-state index contributed by atoms with van der Waals surface area (Å²) >= 11 is 3.58. The summed E-state index contributed by atoms with van der Waals surface area (Å²) in [6, 6.07) is 9.76. The van der Waals surface area contributed by atoms with Gasteiger partial charge in [0.05, 0.1) is 6.04 Å². The maximum atomic E-state index is 12.9. The Kier molecular flexibility index (Phi) is 5.88. The molecule has 3 atom stereocenters. The zero-order valence-electron chi connectivity index (χ0n) is 15.3. The van der Waals surface area contributed by atoms with Crippen LogP contribution < -0.4 is 0 Å². The first kappa shape index (κ1) is 19.2. The number of benzene rings is 1. The van der Waals surface area contributed by atoms with E-state index in [1.54, 1.807) is 0 Å². The van der Waals surface area contributed by atoms with Crippen molar-refractivity contribution in [1.82, 2.24) is 4.90 Å². The van der Waals surface area contributed by atoms with Crippen LogP contribution in [0.5, 0.6) is 0 Å². The monoisotopic (exact) mass is 419 g/mol. The van der Waals surface area contributed by atoms with Crippen LogP contribution in [0, 0.1) is 5.92 Å². The normalized spacial score (nSPS) is 27.5. The lowest BCUT2D eigenvalue weighted by Crippen LogP contribution is -2.52. The lowest BCUT2D eigenvalue weighted by Gasteiger charge is -2.44. The number of nitrogens with zero attached hydrogens (tertiary/aromatic N) is 1. The molecule has 1 amide bonds. The zero-order chi connectivity index (χ0) is 18.7. The number of aliphatic hydroxyl groups excluding tert-OH is 1. The van der Waals surface area contributed by atoms with Gasteiger partial charge in [-0.1, -0.05) is 65.3 Å². The molecule has 1 N–H and O–H groups in total. The van der Waals surface area contributed by atoms with Gasteiger partial charge in [-0.05, 0) is 34.9 Å². The highest BCUT2D eigenvalue weighted by molar-refractivity contribution is 9.11. The van der Waals surface area contributed by atoms with E-state index in [0.29, 0.717) is 25.3 Å². The fourth-order valence-corrected chi connectivity index (χ4v) is 4.14. The van der Waals surface area contributed by atoms with Crippen LogP contribution in [0.15, 0.2) is 52.5 Å². The fourth-order valence-electron chi connectivity index (χ4n) is 3.85. The molecule has 4 nitrogen and oxygen atoms in total. The van der Waals surface area contributed by atoms with Gasteiger partial charge in [-0.2, -0.15) is 0 Å². The summed E-state index contributed by atoms with van der Waals surface area (Å²) in [5.41, 5.74) is 1.46. The number of rotatable bonds is 5. The number of allylic oxidation sites excluding steroid dienone is 3. The van der Waals surface area contributed by atoms with E-state index in [-0.39, 0.29) is 18.7 Å². The summed E-state index contributed by atoms with van der Waals surface area (Å²) < 4.78 is 7.14. The Labute approximate surface area is 163 Å². The van der Waals surface area contributed by atoms with Crippen LogP contribution in [0.3, 0.4) is 0 Å². The van der Waals surface area contributed by atoms with Gasteiger partial charge < -0.3 is 14.7 Å². The minimum Gasteiger partial charge on any atom is -0.438 e. The standard InChI is InChI=1S/C21H26BrNO3/c1-15-14-17(8-9-19(15)22)16(2)23-12-10-21(11-13-24,26-20(23)25)18-6-4-3-5-7-18/h3-9,15-16,24H,10-14H2,1-2H3/t15?,16-,21-/m0/s1. The highest BCUT2D eigenvalue weighted by Crippen LogP contribution is 2.39. The third-order valence-electron chi connectivity index (χ3n) is 5.56. The molecule has 0 bridgehead atoms. The Morgan fingerprint density at radius 2 is 2.08 bits per heavy atom. The Morgan fingerprint density at radius 3 is 2.69 bits per heavy atom. The smallest absolute Gasteiger partial charge is 0.411 e. The predicted octanol–water partition coefficient (Wildman–Crippen LogP) is 4.74. The number of hydrogen-bond donors (Lipinski definition) is 1. The molecule has 0 saturated carbocycles. The number of ether oxygens (including phenoxy) is 1. The molecule has 1 aromatic carbocycles. The number of amides is 1. The average molecular weight is 420 g/mol. The molecule has 1 aliphatic heterocycles. The van der Waals surface area contributed by atoms with Gasteiger partial charge in [0.25, 0.3) is 0 Å². The number of aliphatic hydroxyl groups is 1. The van der Waals surface area contributed by atoms with Crippen molar-refractivity contribution in [3.63, 3.8) is 0 Å². The summed E-state index contributed by atoms with van der Waals surface area (Å²) in [5.74, 6) is 0.427. The van der Waals surface area contributed by atoms with E-state index in [1.807, 2.05) is 35.2 Å². The van der Waals surface area contributed by atoms with Gasteiger partial charge in [-0.3, -0.25) is 0 Å². The van der Waals surface area contributed by atoms with Gasteiger partial charge in [0.2, 0.25) is 0 Å². The molecule has 1 fully saturated rings. The quantitative estimate of drug-likeness (QED) is 0.749. The Bertz CT molecular complexity index is 715. The van der Waals surface area contributed by atoms with Crippen LogP contribution in [0.4, 0.5) is 4.79 Å². The van der Waals surface area contributed by atoms with Gasteiger partial charge in [-0.15, -0.1) is 0 Å². The van der Waals surface area contributed by atoms with E-state index in [0.717, 1.165) is 12.0 Å².